The van der Waals surface area contributed by atoms with E-state index >= 15 is 0 Å². The third-order valence-electron chi connectivity index (χ3n) is 6.39. The third-order valence-corrected chi connectivity index (χ3v) is 6.39. The quantitative estimate of drug-likeness (QED) is 0.577. The van der Waals surface area contributed by atoms with Crippen molar-refractivity contribution < 1.29 is 32.5 Å². The van der Waals surface area contributed by atoms with Gasteiger partial charge < -0.3 is 14.6 Å². The summed E-state index contributed by atoms with van der Waals surface area (Å²) in [5.74, 6) is -0.442. The molecule has 0 unspecified atom stereocenters. The summed E-state index contributed by atoms with van der Waals surface area (Å²) in [5.41, 5.74) is 5.53. The number of hydrogen-bond acceptors (Lipinski definition) is 5. The van der Waals surface area contributed by atoms with Crippen LogP contribution in [0.4, 0.5) is 13.2 Å². The van der Waals surface area contributed by atoms with Crippen LogP contribution in [-0.4, -0.2) is 48.4 Å². The number of benzene rings is 2. The summed E-state index contributed by atoms with van der Waals surface area (Å²) in [6.45, 7) is 2.77. The van der Waals surface area contributed by atoms with Crippen LogP contribution in [0.25, 0.3) is 5.57 Å². The number of allylic oxidation sites excluding steroid dienone is 1. The Kier molecular flexibility index (Phi) is 7.03. The molecule has 1 aliphatic heterocycles. The molecule has 1 heterocycles. The molecule has 1 aliphatic carbocycles. The normalized spacial score (nSPS) is 16.3. The summed E-state index contributed by atoms with van der Waals surface area (Å²) in [6, 6.07) is 12.1. The Morgan fingerprint density at radius 2 is 1.94 bits per heavy atom. The Morgan fingerprint density at radius 1 is 1.17 bits per heavy atom. The second-order valence-electron chi connectivity index (χ2n) is 8.91. The zero-order chi connectivity index (χ0) is 25.2. The number of carboxylic acids is 1. The zero-order valence-corrected chi connectivity index (χ0v) is 19.2. The number of ether oxygens (including phenoxy) is 2. The molecular weight excluding hydrogens is 461 g/mol. The monoisotopic (exact) mass is 486 g/mol. The molecule has 0 spiro atoms. The molecule has 1 saturated heterocycles. The highest BCUT2D eigenvalue weighted by atomic mass is 19.4. The van der Waals surface area contributed by atoms with Crippen molar-refractivity contribution in [2.24, 2.45) is 5.92 Å². The molecule has 0 atom stereocenters. The van der Waals surface area contributed by atoms with Gasteiger partial charge in [0.2, 0.25) is 0 Å². The van der Waals surface area contributed by atoms with Crippen molar-refractivity contribution in [2.75, 3.05) is 26.2 Å². The first-order valence-corrected chi connectivity index (χ1v) is 11.3. The molecular formula is C26H25F3N2O4. The molecule has 0 amide bonds. The van der Waals surface area contributed by atoms with Gasteiger partial charge in [-0.1, -0.05) is 17.7 Å². The van der Waals surface area contributed by atoms with Crippen molar-refractivity contribution in [3.63, 3.8) is 0 Å². The number of fused-ring (bicyclic) bond motifs is 1. The summed E-state index contributed by atoms with van der Waals surface area (Å²) in [7, 11) is 0. The molecule has 1 fully saturated rings. The van der Waals surface area contributed by atoms with E-state index in [4.69, 9.17) is 14.6 Å². The van der Waals surface area contributed by atoms with Gasteiger partial charge in [0.25, 0.3) is 0 Å². The van der Waals surface area contributed by atoms with Gasteiger partial charge in [-0.25, -0.2) is 0 Å². The van der Waals surface area contributed by atoms with E-state index in [9.17, 15) is 23.2 Å². The van der Waals surface area contributed by atoms with E-state index < -0.39 is 18.8 Å². The topological polar surface area (TPSA) is 82.8 Å². The van der Waals surface area contributed by atoms with Crippen molar-refractivity contribution in [1.29, 1.82) is 5.26 Å². The van der Waals surface area contributed by atoms with E-state index in [1.54, 1.807) is 6.07 Å². The summed E-state index contributed by atoms with van der Waals surface area (Å²) in [6.07, 6.45) is -2.71. The minimum absolute atomic E-state index is 0.0194. The van der Waals surface area contributed by atoms with Gasteiger partial charge in [0.15, 0.2) is 6.61 Å². The van der Waals surface area contributed by atoms with Gasteiger partial charge in [-0.15, -0.1) is 0 Å². The van der Waals surface area contributed by atoms with Gasteiger partial charge in [-0.3, -0.25) is 9.69 Å². The van der Waals surface area contributed by atoms with E-state index in [1.165, 1.54) is 28.8 Å². The maximum Gasteiger partial charge on any atom is 0.422 e. The van der Waals surface area contributed by atoms with Gasteiger partial charge in [0.05, 0.1) is 11.5 Å². The number of aryl methyl sites for hydroxylation is 1. The lowest BCUT2D eigenvalue weighted by atomic mass is 9.85. The Bertz CT molecular complexity index is 1190. The predicted molar refractivity (Wildman–Crippen MR) is 122 cm³/mol. The molecule has 35 heavy (non-hydrogen) atoms. The maximum absolute atomic E-state index is 12.4. The van der Waals surface area contributed by atoms with Gasteiger partial charge in [-0.05, 0) is 66.3 Å². The van der Waals surface area contributed by atoms with Crippen LogP contribution in [-0.2, 0) is 17.8 Å². The van der Waals surface area contributed by atoms with E-state index in [0.717, 1.165) is 24.9 Å². The van der Waals surface area contributed by atoms with Crippen LogP contribution < -0.4 is 9.47 Å². The average molecular weight is 486 g/mol. The number of nitriles is 1. The minimum atomic E-state index is -4.48. The second-order valence-corrected chi connectivity index (χ2v) is 8.91. The van der Waals surface area contributed by atoms with Crippen LogP contribution in [0.2, 0.25) is 0 Å². The van der Waals surface area contributed by atoms with Crippen LogP contribution in [0, 0.1) is 17.2 Å². The summed E-state index contributed by atoms with van der Waals surface area (Å²) in [4.78, 5) is 13.2. The SMILES string of the molecule is CC1=C(CN2CC(C(=O)O)C2)CCc2cc(OCc3ccc(OCC(F)(F)F)c(C#N)c3)ccc21. The summed E-state index contributed by atoms with van der Waals surface area (Å²) < 4.78 is 47.8. The van der Waals surface area contributed by atoms with Crippen molar-refractivity contribution in [3.05, 3.63) is 64.2 Å². The molecule has 2 aromatic rings. The molecule has 0 aromatic heterocycles. The number of carboxylic acid groups (broad SMARTS) is 1. The van der Waals surface area contributed by atoms with E-state index in [1.807, 2.05) is 24.3 Å². The molecule has 0 radical (unpaired) electrons. The van der Waals surface area contributed by atoms with Gasteiger partial charge in [-0.2, -0.15) is 18.4 Å². The smallest absolute Gasteiger partial charge is 0.422 e. The van der Waals surface area contributed by atoms with Gasteiger partial charge in [0.1, 0.15) is 24.2 Å². The standard InChI is InChI=1S/C26H25F3N2O4/c1-16-19(11-31-12-21(13-31)25(32)33)4-3-18-9-22(5-6-23(16)18)34-14-17-2-7-24(20(8-17)10-30)35-15-26(27,28)29/h2,5-9,21H,3-4,11-15H2,1H3,(H,32,33). The molecule has 4 rings (SSSR count). The van der Waals surface area contributed by atoms with Crippen molar-refractivity contribution in [3.8, 4) is 17.6 Å². The van der Waals surface area contributed by atoms with Crippen LogP contribution in [0.15, 0.2) is 42.0 Å². The zero-order valence-electron chi connectivity index (χ0n) is 19.2. The number of alkyl halides is 3. The number of rotatable bonds is 8. The summed E-state index contributed by atoms with van der Waals surface area (Å²) in [5, 5.41) is 18.3. The highest BCUT2D eigenvalue weighted by molar-refractivity contribution is 5.73. The highest BCUT2D eigenvalue weighted by Gasteiger charge is 2.33. The van der Waals surface area contributed by atoms with Crippen LogP contribution in [0.3, 0.4) is 0 Å². The minimum Gasteiger partial charge on any atom is -0.489 e. The van der Waals surface area contributed by atoms with Crippen molar-refractivity contribution >= 4 is 11.5 Å². The maximum atomic E-state index is 12.4. The lowest BCUT2D eigenvalue weighted by molar-refractivity contribution is -0.153. The average Bonchev–Trinajstić information content (AvgIpc) is 2.79. The molecule has 184 valence electrons. The third kappa shape index (κ3) is 5.95. The van der Waals surface area contributed by atoms with Crippen LogP contribution >= 0.6 is 0 Å². The number of aliphatic carboxylic acids is 1. The fraction of sp³-hybridized carbons (Fsp3) is 0.385. The fourth-order valence-corrected chi connectivity index (χ4v) is 4.43. The number of hydrogen-bond donors (Lipinski definition) is 1. The Hall–Kier alpha value is -3.51. The Morgan fingerprint density at radius 3 is 2.63 bits per heavy atom. The number of likely N-dealkylation sites (tertiary alicyclic amines) is 1. The molecule has 2 aromatic carbocycles. The molecule has 0 bridgehead atoms. The molecule has 9 heteroatoms. The predicted octanol–water partition coefficient (Wildman–Crippen LogP) is 4.81. The Balaban J connectivity index is 1.38. The number of carbonyl (C=O) groups is 1. The molecule has 2 aliphatic rings. The number of nitrogens with zero attached hydrogens (tertiary/aromatic N) is 2. The van der Waals surface area contributed by atoms with E-state index in [-0.39, 0.29) is 23.8 Å². The highest BCUT2D eigenvalue weighted by Crippen LogP contribution is 2.35. The van der Waals surface area contributed by atoms with E-state index in [0.29, 0.717) is 24.4 Å². The largest absolute Gasteiger partial charge is 0.489 e. The van der Waals surface area contributed by atoms with Crippen LogP contribution in [0.5, 0.6) is 11.5 Å². The second kappa shape index (κ2) is 10.0. The van der Waals surface area contributed by atoms with Crippen molar-refractivity contribution in [1.82, 2.24) is 4.90 Å². The molecule has 0 saturated carbocycles. The fourth-order valence-electron chi connectivity index (χ4n) is 4.43. The first kappa shape index (κ1) is 24.6. The van der Waals surface area contributed by atoms with Gasteiger partial charge >= 0.3 is 12.1 Å². The lowest BCUT2D eigenvalue weighted by Crippen LogP contribution is -2.50. The molecule has 6 nitrogen and oxygen atoms in total. The first-order chi connectivity index (χ1) is 16.6. The lowest BCUT2D eigenvalue weighted by Gasteiger charge is -2.38. The van der Waals surface area contributed by atoms with Crippen molar-refractivity contribution in [2.45, 2.75) is 32.5 Å². The van der Waals surface area contributed by atoms with Crippen LogP contribution in [0.1, 0.15) is 35.6 Å². The molecule has 1 N–H and O–H groups in total. The Labute approximate surface area is 201 Å². The van der Waals surface area contributed by atoms with E-state index in [2.05, 4.69) is 11.8 Å². The summed E-state index contributed by atoms with van der Waals surface area (Å²) >= 11 is 0. The number of halogens is 3. The van der Waals surface area contributed by atoms with Gasteiger partial charge in [0, 0.05) is 19.6 Å². The first-order valence-electron chi connectivity index (χ1n) is 11.3.